The third kappa shape index (κ3) is 9.61. The van der Waals surface area contributed by atoms with Crippen molar-refractivity contribution in [1.82, 2.24) is 20.1 Å². The van der Waals surface area contributed by atoms with Crippen molar-refractivity contribution in [3.8, 4) is 0 Å². The number of para-hydroxylation sites is 1. The second-order valence-electron chi connectivity index (χ2n) is 9.73. The van der Waals surface area contributed by atoms with Crippen LogP contribution in [0.25, 0.3) is 0 Å². The SMILES string of the molecule is C=C=CCNc1ccccc1CNC(=O)c1ccc(CN(CCCN2CCOCC2)C(=O)Nc2cccnc2)cc1. The quantitative estimate of drug-likeness (QED) is 0.269. The van der Waals surface area contributed by atoms with Gasteiger partial charge < -0.3 is 25.6 Å². The van der Waals surface area contributed by atoms with E-state index in [4.69, 9.17) is 4.74 Å². The second-order valence-corrected chi connectivity index (χ2v) is 9.73. The van der Waals surface area contributed by atoms with E-state index in [9.17, 15) is 9.59 Å². The highest BCUT2D eigenvalue weighted by Crippen LogP contribution is 2.16. The lowest BCUT2D eigenvalue weighted by molar-refractivity contribution is 0.0365. The average Bonchev–Trinajstić information content (AvgIpc) is 3.01. The van der Waals surface area contributed by atoms with Crippen molar-refractivity contribution < 1.29 is 14.3 Å². The average molecular weight is 555 g/mol. The third-order valence-electron chi connectivity index (χ3n) is 6.79. The van der Waals surface area contributed by atoms with Gasteiger partial charge in [-0.25, -0.2) is 4.79 Å². The van der Waals surface area contributed by atoms with Gasteiger partial charge in [-0.05, 0) is 54.0 Å². The number of hydrogen-bond acceptors (Lipinski definition) is 6. The van der Waals surface area contributed by atoms with E-state index in [0.29, 0.717) is 37.4 Å². The molecule has 0 spiro atoms. The van der Waals surface area contributed by atoms with Crippen LogP contribution in [0.5, 0.6) is 0 Å². The summed E-state index contributed by atoms with van der Waals surface area (Å²) in [4.78, 5) is 34.3. The molecule has 3 aromatic rings. The Hall–Kier alpha value is -4.43. The number of nitrogens with one attached hydrogen (secondary N) is 3. The number of rotatable bonds is 13. The summed E-state index contributed by atoms with van der Waals surface area (Å²) in [5.74, 6) is -0.158. The van der Waals surface area contributed by atoms with Gasteiger partial charge in [-0.3, -0.25) is 14.7 Å². The molecule has 4 rings (SSSR count). The second kappa shape index (κ2) is 16.0. The van der Waals surface area contributed by atoms with Crippen molar-refractivity contribution in [3.05, 3.63) is 108 Å². The van der Waals surface area contributed by atoms with E-state index in [1.165, 1.54) is 0 Å². The molecule has 9 heteroatoms. The Balaban J connectivity index is 1.34. The highest BCUT2D eigenvalue weighted by atomic mass is 16.5. The van der Waals surface area contributed by atoms with Gasteiger partial charge in [-0.15, -0.1) is 5.73 Å². The number of pyridine rings is 1. The first-order valence-electron chi connectivity index (χ1n) is 13.9. The summed E-state index contributed by atoms with van der Waals surface area (Å²) < 4.78 is 5.44. The Bertz CT molecular complexity index is 1300. The zero-order chi connectivity index (χ0) is 28.7. The number of morpholine rings is 1. The molecule has 0 bridgehead atoms. The summed E-state index contributed by atoms with van der Waals surface area (Å²) in [6.07, 6.45) is 5.96. The maximum Gasteiger partial charge on any atom is 0.322 e. The minimum Gasteiger partial charge on any atom is -0.381 e. The smallest absolute Gasteiger partial charge is 0.322 e. The molecule has 1 fully saturated rings. The van der Waals surface area contributed by atoms with Crippen LogP contribution in [0.1, 0.15) is 27.9 Å². The van der Waals surface area contributed by atoms with E-state index in [1.807, 2.05) is 48.5 Å². The molecule has 1 aliphatic heterocycles. The van der Waals surface area contributed by atoms with Crippen LogP contribution >= 0.6 is 0 Å². The molecule has 2 aromatic carbocycles. The Kier molecular flexibility index (Phi) is 11.5. The molecule has 0 aliphatic carbocycles. The minimum atomic E-state index is -0.183. The van der Waals surface area contributed by atoms with Crippen LogP contribution < -0.4 is 16.0 Å². The topological polar surface area (TPSA) is 98.8 Å². The maximum atomic E-state index is 13.2. The van der Waals surface area contributed by atoms with E-state index in [1.54, 1.807) is 35.5 Å². The Morgan fingerprint density at radius 1 is 1.07 bits per heavy atom. The zero-order valence-electron chi connectivity index (χ0n) is 23.4. The summed E-state index contributed by atoms with van der Waals surface area (Å²) in [6, 6.07) is 18.7. The molecule has 1 saturated heterocycles. The highest BCUT2D eigenvalue weighted by molar-refractivity contribution is 5.94. The van der Waals surface area contributed by atoms with Crippen molar-refractivity contribution in [3.63, 3.8) is 0 Å². The molecule has 0 saturated carbocycles. The van der Waals surface area contributed by atoms with E-state index < -0.39 is 0 Å². The zero-order valence-corrected chi connectivity index (χ0v) is 23.4. The van der Waals surface area contributed by atoms with Gasteiger partial charge in [0.25, 0.3) is 5.91 Å². The Labute approximate surface area is 241 Å². The lowest BCUT2D eigenvalue weighted by Gasteiger charge is -2.28. The molecule has 9 nitrogen and oxygen atoms in total. The van der Waals surface area contributed by atoms with Crippen LogP contribution in [-0.2, 0) is 17.8 Å². The number of benzene rings is 2. The fourth-order valence-electron chi connectivity index (χ4n) is 4.54. The van der Waals surface area contributed by atoms with E-state index in [-0.39, 0.29) is 11.9 Å². The van der Waals surface area contributed by atoms with Gasteiger partial charge in [0.2, 0.25) is 0 Å². The summed E-state index contributed by atoms with van der Waals surface area (Å²) >= 11 is 0. The number of nitrogens with zero attached hydrogens (tertiary/aromatic N) is 3. The molecule has 0 unspecified atom stereocenters. The lowest BCUT2D eigenvalue weighted by Crippen LogP contribution is -2.40. The van der Waals surface area contributed by atoms with Crippen LogP contribution in [0, 0.1) is 0 Å². The normalized spacial score (nSPS) is 13.1. The first kappa shape index (κ1) is 29.6. The largest absolute Gasteiger partial charge is 0.381 e. The van der Waals surface area contributed by atoms with Gasteiger partial charge in [0.15, 0.2) is 0 Å². The van der Waals surface area contributed by atoms with Crippen LogP contribution in [0.4, 0.5) is 16.2 Å². The van der Waals surface area contributed by atoms with Crippen LogP contribution in [0.3, 0.4) is 0 Å². The van der Waals surface area contributed by atoms with Gasteiger partial charge in [0, 0.05) is 63.3 Å². The van der Waals surface area contributed by atoms with Crippen molar-refractivity contribution in [2.45, 2.75) is 19.5 Å². The molecule has 214 valence electrons. The van der Waals surface area contributed by atoms with Crippen LogP contribution in [0.2, 0.25) is 0 Å². The molecule has 0 radical (unpaired) electrons. The van der Waals surface area contributed by atoms with Crippen molar-refractivity contribution in [2.24, 2.45) is 0 Å². The number of amides is 3. The van der Waals surface area contributed by atoms with Crippen LogP contribution in [-0.4, -0.2) is 72.7 Å². The van der Waals surface area contributed by atoms with Gasteiger partial charge in [-0.2, -0.15) is 0 Å². The van der Waals surface area contributed by atoms with Crippen molar-refractivity contribution >= 4 is 23.3 Å². The number of hydrogen-bond donors (Lipinski definition) is 3. The Morgan fingerprint density at radius 2 is 1.88 bits per heavy atom. The molecule has 1 aliphatic rings. The molecular formula is C32H38N6O3. The Morgan fingerprint density at radius 3 is 2.63 bits per heavy atom. The molecular weight excluding hydrogens is 516 g/mol. The maximum absolute atomic E-state index is 13.2. The van der Waals surface area contributed by atoms with Gasteiger partial charge in [-0.1, -0.05) is 36.9 Å². The van der Waals surface area contributed by atoms with Gasteiger partial charge in [0.05, 0.1) is 25.1 Å². The van der Waals surface area contributed by atoms with E-state index in [2.05, 4.69) is 38.1 Å². The van der Waals surface area contributed by atoms with Crippen molar-refractivity contribution in [1.29, 1.82) is 0 Å². The molecule has 2 heterocycles. The molecule has 1 aromatic heterocycles. The number of carbonyl (C=O) groups excluding carboxylic acids is 2. The number of ether oxygens (including phenoxy) is 1. The first-order valence-corrected chi connectivity index (χ1v) is 13.9. The van der Waals surface area contributed by atoms with E-state index >= 15 is 0 Å². The van der Waals surface area contributed by atoms with E-state index in [0.717, 1.165) is 56.1 Å². The molecule has 41 heavy (non-hydrogen) atoms. The highest BCUT2D eigenvalue weighted by Gasteiger charge is 2.17. The lowest BCUT2D eigenvalue weighted by atomic mass is 10.1. The number of urea groups is 1. The summed E-state index contributed by atoms with van der Waals surface area (Å²) in [5, 5.41) is 9.25. The first-order chi connectivity index (χ1) is 20.1. The number of carbonyl (C=O) groups is 2. The number of anilines is 2. The fraction of sp³-hybridized carbons (Fsp3) is 0.312. The summed E-state index contributed by atoms with van der Waals surface area (Å²) in [6.45, 7) is 9.85. The van der Waals surface area contributed by atoms with Crippen LogP contribution in [0.15, 0.2) is 91.4 Å². The van der Waals surface area contributed by atoms with Gasteiger partial charge >= 0.3 is 6.03 Å². The predicted molar refractivity (Wildman–Crippen MR) is 162 cm³/mol. The van der Waals surface area contributed by atoms with Crippen molar-refractivity contribution in [2.75, 3.05) is 56.6 Å². The molecule has 3 N–H and O–H groups in total. The monoisotopic (exact) mass is 554 g/mol. The summed E-state index contributed by atoms with van der Waals surface area (Å²) in [5.41, 5.74) is 6.84. The standard InChI is InChI=1S/C32H38N6O3/c1-2-3-16-34-30-10-5-4-8-28(30)23-35-31(39)27-13-11-26(12-14-27)25-38(18-7-17-37-19-21-41-22-20-37)32(40)36-29-9-6-15-33-24-29/h3-6,8-15,24,34H,1,7,16-23,25H2,(H,35,39)(H,36,40). The minimum absolute atomic E-state index is 0.158. The number of aromatic nitrogens is 1. The third-order valence-corrected chi connectivity index (χ3v) is 6.79. The molecule has 3 amide bonds. The summed E-state index contributed by atoms with van der Waals surface area (Å²) in [7, 11) is 0. The molecule has 0 atom stereocenters. The predicted octanol–water partition coefficient (Wildman–Crippen LogP) is 4.52. The van der Waals surface area contributed by atoms with Gasteiger partial charge in [0.1, 0.15) is 0 Å². The fourth-order valence-corrected chi connectivity index (χ4v) is 4.54.